The molecule has 0 aliphatic rings. The van der Waals surface area contributed by atoms with Crippen molar-refractivity contribution in [2.24, 2.45) is 0 Å². The van der Waals surface area contributed by atoms with Crippen LogP contribution < -0.4 is 4.74 Å². The molecule has 0 atom stereocenters. The van der Waals surface area contributed by atoms with Crippen molar-refractivity contribution in [2.45, 2.75) is 0 Å². The molecular formula is C18H12BrO. The normalized spacial score (nSPS) is 10.2. The maximum absolute atomic E-state index is 5.95. The molecule has 3 rings (SSSR count). The summed E-state index contributed by atoms with van der Waals surface area (Å²) in [6.07, 6.45) is 0. The second-order valence-corrected chi connectivity index (χ2v) is 5.26. The Labute approximate surface area is 127 Å². The Morgan fingerprint density at radius 2 is 1.60 bits per heavy atom. The maximum atomic E-state index is 5.95. The highest BCUT2D eigenvalue weighted by Gasteiger charge is 2.06. The van der Waals surface area contributed by atoms with Gasteiger partial charge in [0.25, 0.3) is 0 Å². The van der Waals surface area contributed by atoms with E-state index in [0.717, 1.165) is 27.1 Å². The lowest BCUT2D eigenvalue weighted by molar-refractivity contribution is 0.484. The summed E-state index contributed by atoms with van der Waals surface area (Å²) in [5.41, 5.74) is 2.17. The Morgan fingerprint density at radius 1 is 0.850 bits per heavy atom. The molecule has 0 aromatic heterocycles. The van der Waals surface area contributed by atoms with Gasteiger partial charge in [0.15, 0.2) is 0 Å². The van der Waals surface area contributed by atoms with Gasteiger partial charge in [0.05, 0.1) is 0 Å². The van der Waals surface area contributed by atoms with E-state index in [4.69, 9.17) is 4.74 Å². The third kappa shape index (κ3) is 2.91. The first-order chi connectivity index (χ1) is 9.83. The summed E-state index contributed by atoms with van der Waals surface area (Å²) in [5.74, 6) is 1.63. The molecular weight excluding hydrogens is 312 g/mol. The monoisotopic (exact) mass is 323 g/mol. The number of hydrogen-bond donors (Lipinski definition) is 0. The molecule has 0 fully saturated rings. The van der Waals surface area contributed by atoms with Gasteiger partial charge in [0, 0.05) is 10.0 Å². The number of hydrogen-bond acceptors (Lipinski definition) is 1. The Kier molecular flexibility index (Phi) is 3.84. The van der Waals surface area contributed by atoms with Crippen LogP contribution in [0.1, 0.15) is 0 Å². The largest absolute Gasteiger partial charge is 0.457 e. The predicted octanol–water partition coefficient (Wildman–Crippen LogP) is 5.71. The number of rotatable bonds is 3. The van der Waals surface area contributed by atoms with Crippen LogP contribution in [0.15, 0.2) is 77.3 Å². The smallest absolute Gasteiger partial charge is 0.135 e. The highest BCUT2D eigenvalue weighted by molar-refractivity contribution is 9.10. The Bertz CT molecular complexity index is 690. The Hall–Kier alpha value is -2.06. The predicted molar refractivity (Wildman–Crippen MR) is 84.9 cm³/mol. The molecule has 0 aliphatic carbocycles. The van der Waals surface area contributed by atoms with E-state index in [1.165, 1.54) is 0 Å². The standard InChI is InChI=1S/C18H12BrO/c19-15-12-10-14(11-13-15)17-8-4-5-9-18(17)20-16-6-2-1-3-7-16/h1-4,6-13H. The van der Waals surface area contributed by atoms with Crippen LogP contribution in [0.5, 0.6) is 11.5 Å². The molecule has 97 valence electrons. The topological polar surface area (TPSA) is 9.23 Å². The third-order valence-corrected chi connectivity index (χ3v) is 3.48. The van der Waals surface area contributed by atoms with Gasteiger partial charge in [0.1, 0.15) is 11.5 Å². The number of benzene rings is 3. The molecule has 3 aromatic rings. The van der Waals surface area contributed by atoms with E-state index in [1.54, 1.807) is 0 Å². The van der Waals surface area contributed by atoms with E-state index in [-0.39, 0.29) is 0 Å². The summed E-state index contributed by atoms with van der Waals surface area (Å²) in [4.78, 5) is 0. The quantitative estimate of drug-likeness (QED) is 0.600. The van der Waals surface area contributed by atoms with Gasteiger partial charge < -0.3 is 4.74 Å². The van der Waals surface area contributed by atoms with Crippen LogP contribution >= 0.6 is 15.9 Å². The third-order valence-electron chi connectivity index (χ3n) is 2.95. The molecule has 0 saturated carbocycles. The molecule has 0 aliphatic heterocycles. The van der Waals surface area contributed by atoms with Crippen molar-refractivity contribution >= 4 is 15.9 Å². The molecule has 0 N–H and O–H groups in total. The van der Waals surface area contributed by atoms with Gasteiger partial charge in [-0.05, 0) is 42.0 Å². The minimum absolute atomic E-state index is 0.807. The summed E-state index contributed by atoms with van der Waals surface area (Å²) in [6, 6.07) is 26.8. The van der Waals surface area contributed by atoms with E-state index < -0.39 is 0 Å². The molecule has 0 heterocycles. The number of halogens is 1. The molecule has 0 spiro atoms. The van der Waals surface area contributed by atoms with Gasteiger partial charge in [-0.15, -0.1) is 0 Å². The molecule has 0 amide bonds. The fourth-order valence-corrected chi connectivity index (χ4v) is 2.25. The highest BCUT2D eigenvalue weighted by Crippen LogP contribution is 2.33. The first-order valence-corrected chi connectivity index (χ1v) is 7.11. The average molecular weight is 324 g/mol. The van der Waals surface area contributed by atoms with Crippen LogP contribution in [0.25, 0.3) is 11.1 Å². The van der Waals surface area contributed by atoms with E-state index in [9.17, 15) is 0 Å². The SMILES string of the molecule is Brc1ccc(-c2cc[c]cc2Oc2ccccc2)cc1. The van der Waals surface area contributed by atoms with Gasteiger partial charge in [-0.25, -0.2) is 0 Å². The van der Waals surface area contributed by atoms with Gasteiger partial charge >= 0.3 is 0 Å². The van der Waals surface area contributed by atoms with Crippen LogP contribution in [0, 0.1) is 6.07 Å². The summed E-state index contributed by atoms with van der Waals surface area (Å²) < 4.78 is 7.02. The minimum Gasteiger partial charge on any atom is -0.457 e. The molecule has 0 bridgehead atoms. The minimum atomic E-state index is 0.807. The summed E-state index contributed by atoms with van der Waals surface area (Å²) in [7, 11) is 0. The van der Waals surface area contributed by atoms with Crippen molar-refractivity contribution in [3.63, 3.8) is 0 Å². The van der Waals surface area contributed by atoms with Crippen molar-refractivity contribution in [3.05, 3.63) is 83.3 Å². The zero-order valence-electron chi connectivity index (χ0n) is 10.7. The van der Waals surface area contributed by atoms with E-state index in [1.807, 2.05) is 60.7 Å². The zero-order valence-corrected chi connectivity index (χ0v) is 12.3. The molecule has 2 heteroatoms. The fourth-order valence-electron chi connectivity index (χ4n) is 1.98. The fraction of sp³-hybridized carbons (Fsp3) is 0. The Balaban J connectivity index is 1.98. The van der Waals surface area contributed by atoms with Gasteiger partial charge in [0.2, 0.25) is 0 Å². The van der Waals surface area contributed by atoms with E-state index >= 15 is 0 Å². The first kappa shape index (κ1) is 12.9. The zero-order chi connectivity index (χ0) is 13.8. The lowest BCUT2D eigenvalue weighted by Gasteiger charge is -2.11. The van der Waals surface area contributed by atoms with Crippen molar-refractivity contribution in [1.82, 2.24) is 0 Å². The van der Waals surface area contributed by atoms with Crippen molar-refractivity contribution in [2.75, 3.05) is 0 Å². The molecule has 1 nitrogen and oxygen atoms in total. The van der Waals surface area contributed by atoms with E-state index in [0.29, 0.717) is 0 Å². The van der Waals surface area contributed by atoms with Crippen molar-refractivity contribution < 1.29 is 4.74 Å². The molecule has 1 radical (unpaired) electrons. The second kappa shape index (κ2) is 5.93. The van der Waals surface area contributed by atoms with Crippen LogP contribution in [0.2, 0.25) is 0 Å². The molecule has 3 aromatic carbocycles. The summed E-state index contributed by atoms with van der Waals surface area (Å²) in [6.45, 7) is 0. The second-order valence-electron chi connectivity index (χ2n) is 4.34. The lowest BCUT2D eigenvalue weighted by atomic mass is 10.0. The lowest BCUT2D eigenvalue weighted by Crippen LogP contribution is -1.87. The van der Waals surface area contributed by atoms with Gasteiger partial charge in [-0.3, -0.25) is 0 Å². The van der Waals surface area contributed by atoms with Crippen molar-refractivity contribution in [3.8, 4) is 22.6 Å². The van der Waals surface area contributed by atoms with Crippen LogP contribution in [-0.2, 0) is 0 Å². The van der Waals surface area contributed by atoms with Crippen molar-refractivity contribution in [1.29, 1.82) is 0 Å². The Morgan fingerprint density at radius 3 is 2.35 bits per heavy atom. The van der Waals surface area contributed by atoms with Crippen LogP contribution in [0.4, 0.5) is 0 Å². The van der Waals surface area contributed by atoms with E-state index in [2.05, 4.69) is 34.1 Å². The molecule has 0 unspecified atom stereocenters. The summed E-state index contributed by atoms with van der Waals surface area (Å²) in [5, 5.41) is 0. The molecule has 20 heavy (non-hydrogen) atoms. The van der Waals surface area contributed by atoms with Crippen LogP contribution in [0.3, 0.4) is 0 Å². The highest BCUT2D eigenvalue weighted by atomic mass is 79.9. The maximum Gasteiger partial charge on any atom is 0.135 e. The molecule has 0 saturated heterocycles. The number of para-hydroxylation sites is 1. The first-order valence-electron chi connectivity index (χ1n) is 6.32. The van der Waals surface area contributed by atoms with Gasteiger partial charge in [-0.1, -0.05) is 58.4 Å². The summed E-state index contributed by atoms with van der Waals surface area (Å²) >= 11 is 3.45. The average Bonchev–Trinajstić information content (AvgIpc) is 2.50. The van der Waals surface area contributed by atoms with Gasteiger partial charge in [-0.2, -0.15) is 0 Å². The van der Waals surface area contributed by atoms with Crippen LogP contribution in [-0.4, -0.2) is 0 Å². The number of ether oxygens (including phenoxy) is 1.